The molecule has 3 saturated heterocycles. The molecule has 4 fully saturated rings. The monoisotopic (exact) mass is 518 g/mol. The molecule has 4 aliphatic heterocycles. The van der Waals surface area contributed by atoms with Gasteiger partial charge in [0, 0.05) is 62.7 Å². The number of thioether (sulfide) groups is 1. The number of hydrogen-bond donors (Lipinski definition) is 1. The van der Waals surface area contributed by atoms with Crippen LogP contribution in [0, 0.1) is 0 Å². The SMILES string of the molecule is C=CC(=O)N1CCC(N2CC(c3cc4c(c(C5CC5)c3)OCc3c(ncnc3N3CCSCC3)N4)C2)C1. The van der Waals surface area contributed by atoms with Crippen LogP contribution >= 0.6 is 11.8 Å². The summed E-state index contributed by atoms with van der Waals surface area (Å²) in [4.78, 5) is 28.2. The molecule has 7 rings (SSSR count). The lowest BCUT2D eigenvalue weighted by atomic mass is 9.87. The van der Waals surface area contributed by atoms with E-state index in [1.165, 1.54) is 30.0 Å². The third-order valence-corrected chi connectivity index (χ3v) is 9.49. The van der Waals surface area contributed by atoms with Crippen LogP contribution in [0.3, 0.4) is 0 Å². The highest BCUT2D eigenvalue weighted by atomic mass is 32.2. The maximum absolute atomic E-state index is 12.0. The van der Waals surface area contributed by atoms with Crippen molar-refractivity contribution in [1.29, 1.82) is 0 Å². The largest absolute Gasteiger partial charge is 0.486 e. The number of amides is 1. The highest BCUT2D eigenvalue weighted by molar-refractivity contribution is 7.99. The van der Waals surface area contributed by atoms with Crippen LogP contribution in [0.4, 0.5) is 17.3 Å². The van der Waals surface area contributed by atoms with Gasteiger partial charge in [0.25, 0.3) is 0 Å². The third kappa shape index (κ3) is 4.36. The summed E-state index contributed by atoms with van der Waals surface area (Å²) < 4.78 is 6.54. The zero-order valence-corrected chi connectivity index (χ0v) is 22.0. The molecule has 1 aromatic heterocycles. The Morgan fingerprint density at radius 3 is 2.70 bits per heavy atom. The molecule has 9 heteroatoms. The molecule has 5 heterocycles. The Balaban J connectivity index is 1.12. The number of carbonyl (C=O) groups is 1. The zero-order chi connectivity index (χ0) is 24.9. The van der Waals surface area contributed by atoms with Gasteiger partial charge in [0.05, 0.1) is 11.3 Å². The van der Waals surface area contributed by atoms with Gasteiger partial charge < -0.3 is 19.9 Å². The summed E-state index contributed by atoms with van der Waals surface area (Å²) in [5, 5.41) is 3.66. The van der Waals surface area contributed by atoms with E-state index in [1.807, 2.05) is 16.7 Å². The van der Waals surface area contributed by atoms with Gasteiger partial charge in [-0.3, -0.25) is 9.69 Å². The van der Waals surface area contributed by atoms with Crippen molar-refractivity contribution in [3.63, 3.8) is 0 Å². The number of nitrogens with zero attached hydrogens (tertiary/aromatic N) is 5. The van der Waals surface area contributed by atoms with E-state index in [9.17, 15) is 4.79 Å². The van der Waals surface area contributed by atoms with Crippen molar-refractivity contribution < 1.29 is 9.53 Å². The number of anilines is 3. The maximum atomic E-state index is 12.0. The highest BCUT2D eigenvalue weighted by Crippen LogP contribution is 2.50. The molecule has 0 bridgehead atoms. The fourth-order valence-corrected chi connectivity index (χ4v) is 7.12. The molecule has 0 spiro atoms. The number of benzene rings is 1. The summed E-state index contributed by atoms with van der Waals surface area (Å²) in [6.07, 6.45) is 6.63. The van der Waals surface area contributed by atoms with E-state index in [4.69, 9.17) is 4.74 Å². The highest BCUT2D eigenvalue weighted by Gasteiger charge is 2.39. The number of likely N-dealkylation sites (tertiary alicyclic amines) is 2. The van der Waals surface area contributed by atoms with E-state index < -0.39 is 0 Å². The quantitative estimate of drug-likeness (QED) is 0.601. The van der Waals surface area contributed by atoms with Crippen molar-refractivity contribution in [2.45, 2.75) is 43.7 Å². The van der Waals surface area contributed by atoms with Crippen molar-refractivity contribution >= 4 is 35.0 Å². The molecule has 1 atom stereocenters. The number of ether oxygens (including phenoxy) is 1. The smallest absolute Gasteiger partial charge is 0.246 e. The van der Waals surface area contributed by atoms with Gasteiger partial charge in [0.15, 0.2) is 0 Å². The van der Waals surface area contributed by atoms with Crippen molar-refractivity contribution in [2.24, 2.45) is 0 Å². The Kier molecular flexibility index (Phi) is 6.00. The van der Waals surface area contributed by atoms with Gasteiger partial charge in [0.1, 0.15) is 30.3 Å². The Hall–Kier alpha value is -2.78. The minimum atomic E-state index is 0.0527. The van der Waals surface area contributed by atoms with E-state index in [0.29, 0.717) is 24.5 Å². The number of carbonyl (C=O) groups excluding carboxylic acids is 1. The first-order chi connectivity index (χ1) is 18.2. The minimum Gasteiger partial charge on any atom is -0.486 e. The van der Waals surface area contributed by atoms with Gasteiger partial charge in [-0.1, -0.05) is 12.6 Å². The summed E-state index contributed by atoms with van der Waals surface area (Å²) in [5.74, 6) is 6.28. The van der Waals surface area contributed by atoms with E-state index in [-0.39, 0.29) is 5.91 Å². The molecular formula is C28H34N6O2S. The third-order valence-electron chi connectivity index (χ3n) is 8.55. The molecule has 2 aromatic rings. The van der Waals surface area contributed by atoms with Gasteiger partial charge in [0.2, 0.25) is 5.91 Å². The molecule has 8 nitrogen and oxygen atoms in total. The van der Waals surface area contributed by atoms with Gasteiger partial charge in [-0.05, 0) is 48.4 Å². The lowest BCUT2D eigenvalue weighted by Crippen LogP contribution is -2.51. The summed E-state index contributed by atoms with van der Waals surface area (Å²) in [5.41, 5.74) is 4.83. The van der Waals surface area contributed by atoms with Crippen molar-refractivity contribution in [1.82, 2.24) is 19.8 Å². The first-order valence-corrected chi connectivity index (χ1v) is 14.7. The fraction of sp³-hybridized carbons (Fsp3) is 0.536. The molecule has 1 saturated carbocycles. The number of aromatic nitrogens is 2. The molecule has 1 aliphatic carbocycles. The van der Waals surface area contributed by atoms with E-state index in [1.54, 1.807) is 6.33 Å². The van der Waals surface area contributed by atoms with Gasteiger partial charge in [-0.25, -0.2) is 9.97 Å². The number of rotatable bonds is 5. The van der Waals surface area contributed by atoms with Crippen LogP contribution in [0.1, 0.15) is 47.8 Å². The van der Waals surface area contributed by atoms with Crippen LogP contribution < -0.4 is 15.0 Å². The van der Waals surface area contributed by atoms with Crippen molar-refractivity contribution in [3.05, 3.63) is 47.8 Å². The average Bonchev–Trinajstić information content (AvgIpc) is 3.67. The Labute approximate surface area is 222 Å². The van der Waals surface area contributed by atoms with E-state index in [0.717, 1.165) is 85.8 Å². The maximum Gasteiger partial charge on any atom is 0.246 e. The lowest BCUT2D eigenvalue weighted by molar-refractivity contribution is -0.125. The first kappa shape index (κ1) is 23.3. The molecule has 37 heavy (non-hydrogen) atoms. The Morgan fingerprint density at radius 1 is 1.08 bits per heavy atom. The van der Waals surface area contributed by atoms with Crippen molar-refractivity contribution in [2.75, 3.05) is 61.0 Å². The van der Waals surface area contributed by atoms with Crippen molar-refractivity contribution in [3.8, 4) is 5.75 Å². The van der Waals surface area contributed by atoms with E-state index >= 15 is 0 Å². The normalized spacial score (nSPS) is 23.8. The molecular weight excluding hydrogens is 484 g/mol. The van der Waals surface area contributed by atoms with Crippen LogP contribution in [0.25, 0.3) is 0 Å². The van der Waals surface area contributed by atoms with Crippen LogP contribution in [-0.2, 0) is 11.4 Å². The van der Waals surface area contributed by atoms with Crippen LogP contribution in [0.2, 0.25) is 0 Å². The number of hydrogen-bond acceptors (Lipinski definition) is 8. The number of nitrogens with one attached hydrogen (secondary N) is 1. The summed E-state index contributed by atoms with van der Waals surface area (Å²) in [7, 11) is 0. The molecule has 0 radical (unpaired) electrons. The van der Waals surface area contributed by atoms with Gasteiger partial charge in [-0.15, -0.1) is 0 Å². The second-order valence-electron chi connectivity index (χ2n) is 10.9. The molecule has 1 N–H and O–H groups in total. The summed E-state index contributed by atoms with van der Waals surface area (Å²) in [6, 6.07) is 5.16. The zero-order valence-electron chi connectivity index (χ0n) is 21.2. The predicted molar refractivity (Wildman–Crippen MR) is 147 cm³/mol. The lowest BCUT2D eigenvalue weighted by Gasteiger charge is -2.43. The topological polar surface area (TPSA) is 73.8 Å². The fourth-order valence-electron chi connectivity index (χ4n) is 6.22. The van der Waals surface area contributed by atoms with Gasteiger partial charge >= 0.3 is 0 Å². The minimum absolute atomic E-state index is 0.0527. The molecule has 194 valence electrons. The summed E-state index contributed by atoms with van der Waals surface area (Å²) >= 11 is 2.00. The van der Waals surface area contributed by atoms with Crippen LogP contribution in [0.5, 0.6) is 5.75 Å². The number of fused-ring (bicyclic) bond motifs is 2. The first-order valence-electron chi connectivity index (χ1n) is 13.6. The predicted octanol–water partition coefficient (Wildman–Crippen LogP) is 3.73. The van der Waals surface area contributed by atoms with Crippen LogP contribution in [-0.4, -0.2) is 82.5 Å². The van der Waals surface area contributed by atoms with E-state index in [2.05, 4.69) is 43.8 Å². The molecule has 1 unspecified atom stereocenters. The average molecular weight is 519 g/mol. The molecule has 5 aliphatic rings. The molecule has 1 aromatic carbocycles. The Bertz CT molecular complexity index is 1220. The van der Waals surface area contributed by atoms with Crippen LogP contribution in [0.15, 0.2) is 31.1 Å². The van der Waals surface area contributed by atoms with Gasteiger partial charge in [-0.2, -0.15) is 11.8 Å². The standard InChI is InChI=1S/C28H34N6O2S/c1-2-25(35)33-6-5-21(15-33)34-13-20(14-34)19-11-22(18-3-4-18)26-24(12-19)31-27-23(16-36-26)28(30-17-29-27)32-7-9-37-10-8-32/h2,11-12,17-18,20-21H,1,3-10,13-16H2,(H,29,30,31). The summed E-state index contributed by atoms with van der Waals surface area (Å²) in [6.45, 7) is 9.89. The second-order valence-corrected chi connectivity index (χ2v) is 12.1. The Morgan fingerprint density at radius 2 is 1.92 bits per heavy atom. The molecule has 1 amide bonds. The second kappa shape index (κ2) is 9.51.